The van der Waals surface area contributed by atoms with Crippen molar-refractivity contribution in [2.75, 3.05) is 31.6 Å². The Labute approximate surface area is 129 Å². The molecule has 1 aliphatic heterocycles. The van der Waals surface area contributed by atoms with E-state index in [0.717, 1.165) is 6.42 Å². The second-order valence-electron chi connectivity index (χ2n) is 4.84. The Morgan fingerprint density at radius 2 is 1.82 bits per heavy atom. The standard InChI is InChI=1S/C15H21N3O4/c1-2-6-16-15(20)17-7-5-14(19)18-11-3-4-12-13(10-11)22-9-8-21-12/h3-4,10H,2,5-9H2,1H3,(H,18,19)(H2,16,17,20). The van der Waals surface area contributed by atoms with Gasteiger partial charge in [0.05, 0.1) is 0 Å². The number of hydrogen-bond donors (Lipinski definition) is 3. The van der Waals surface area contributed by atoms with Crippen molar-refractivity contribution in [3.05, 3.63) is 18.2 Å². The van der Waals surface area contributed by atoms with Crippen LogP contribution in [0.2, 0.25) is 0 Å². The van der Waals surface area contributed by atoms with E-state index in [1.165, 1.54) is 0 Å². The van der Waals surface area contributed by atoms with E-state index < -0.39 is 0 Å². The predicted molar refractivity (Wildman–Crippen MR) is 82.4 cm³/mol. The Bertz CT molecular complexity index is 534. The van der Waals surface area contributed by atoms with Gasteiger partial charge in [-0.3, -0.25) is 4.79 Å². The van der Waals surface area contributed by atoms with Gasteiger partial charge in [-0.25, -0.2) is 4.79 Å². The summed E-state index contributed by atoms with van der Waals surface area (Å²) < 4.78 is 10.9. The summed E-state index contributed by atoms with van der Waals surface area (Å²) in [5.74, 6) is 1.13. The van der Waals surface area contributed by atoms with Crippen molar-refractivity contribution in [1.82, 2.24) is 10.6 Å². The Morgan fingerprint density at radius 3 is 2.59 bits per heavy atom. The molecular formula is C15H21N3O4. The Balaban J connectivity index is 1.74. The van der Waals surface area contributed by atoms with Crippen molar-refractivity contribution >= 4 is 17.6 Å². The molecule has 2 rings (SSSR count). The van der Waals surface area contributed by atoms with Crippen molar-refractivity contribution in [2.24, 2.45) is 0 Å². The van der Waals surface area contributed by atoms with Crippen molar-refractivity contribution in [2.45, 2.75) is 19.8 Å². The maximum Gasteiger partial charge on any atom is 0.314 e. The molecule has 0 saturated carbocycles. The minimum absolute atomic E-state index is 0.174. The number of urea groups is 1. The van der Waals surface area contributed by atoms with Crippen molar-refractivity contribution < 1.29 is 19.1 Å². The van der Waals surface area contributed by atoms with E-state index >= 15 is 0 Å². The van der Waals surface area contributed by atoms with Crippen LogP contribution in [-0.2, 0) is 4.79 Å². The number of ether oxygens (including phenoxy) is 2. The van der Waals surface area contributed by atoms with Gasteiger partial charge in [0.2, 0.25) is 5.91 Å². The third-order valence-corrected chi connectivity index (χ3v) is 3.00. The molecule has 7 heteroatoms. The molecule has 1 aromatic rings. The zero-order valence-corrected chi connectivity index (χ0v) is 12.6. The summed E-state index contributed by atoms with van der Waals surface area (Å²) in [6, 6.07) is 5.00. The third-order valence-electron chi connectivity index (χ3n) is 3.00. The van der Waals surface area contributed by atoms with E-state index in [9.17, 15) is 9.59 Å². The van der Waals surface area contributed by atoms with Crippen LogP contribution in [0, 0.1) is 0 Å². The van der Waals surface area contributed by atoms with Crippen LogP contribution in [0.25, 0.3) is 0 Å². The largest absolute Gasteiger partial charge is 0.486 e. The fourth-order valence-corrected chi connectivity index (χ4v) is 1.94. The Kier molecular flexibility index (Phi) is 5.88. The van der Waals surface area contributed by atoms with Gasteiger partial charge in [-0.1, -0.05) is 6.92 Å². The number of carbonyl (C=O) groups excluding carboxylic acids is 2. The second-order valence-corrected chi connectivity index (χ2v) is 4.84. The number of nitrogens with one attached hydrogen (secondary N) is 3. The first-order valence-electron chi connectivity index (χ1n) is 7.40. The maximum atomic E-state index is 11.8. The van der Waals surface area contributed by atoms with Gasteiger partial charge in [0, 0.05) is 31.3 Å². The van der Waals surface area contributed by atoms with Gasteiger partial charge < -0.3 is 25.4 Å². The van der Waals surface area contributed by atoms with Crippen LogP contribution in [0.1, 0.15) is 19.8 Å². The first-order valence-corrected chi connectivity index (χ1v) is 7.40. The summed E-state index contributed by atoms with van der Waals surface area (Å²) in [4.78, 5) is 23.1. The molecule has 0 radical (unpaired) electrons. The van der Waals surface area contributed by atoms with Crippen molar-refractivity contribution in [3.63, 3.8) is 0 Å². The van der Waals surface area contributed by atoms with Gasteiger partial charge >= 0.3 is 6.03 Å². The third kappa shape index (κ3) is 4.83. The highest BCUT2D eigenvalue weighted by Crippen LogP contribution is 2.32. The maximum absolute atomic E-state index is 11.8. The lowest BCUT2D eigenvalue weighted by Crippen LogP contribution is -2.37. The first-order chi connectivity index (χ1) is 10.7. The van der Waals surface area contributed by atoms with Gasteiger partial charge in [0.25, 0.3) is 0 Å². The lowest BCUT2D eigenvalue weighted by atomic mass is 10.2. The molecule has 3 amide bonds. The van der Waals surface area contributed by atoms with Crippen LogP contribution >= 0.6 is 0 Å². The van der Waals surface area contributed by atoms with Crippen LogP contribution < -0.4 is 25.4 Å². The average molecular weight is 307 g/mol. The summed E-state index contributed by atoms with van der Waals surface area (Å²) in [5.41, 5.74) is 0.643. The van der Waals surface area contributed by atoms with E-state index in [4.69, 9.17) is 9.47 Å². The van der Waals surface area contributed by atoms with Crippen molar-refractivity contribution in [1.29, 1.82) is 0 Å². The first kappa shape index (κ1) is 15.9. The topological polar surface area (TPSA) is 88.7 Å². The van der Waals surface area contributed by atoms with Gasteiger partial charge in [-0.05, 0) is 18.6 Å². The highest BCUT2D eigenvalue weighted by Gasteiger charge is 2.12. The molecule has 22 heavy (non-hydrogen) atoms. The monoisotopic (exact) mass is 307 g/mol. The summed E-state index contributed by atoms with van der Waals surface area (Å²) >= 11 is 0. The molecule has 0 spiro atoms. The van der Waals surface area contributed by atoms with Crippen LogP contribution in [0.4, 0.5) is 10.5 Å². The molecule has 0 saturated heterocycles. The van der Waals surface area contributed by atoms with E-state index in [1.807, 2.05) is 6.92 Å². The van der Waals surface area contributed by atoms with E-state index in [0.29, 0.717) is 36.9 Å². The molecule has 0 fully saturated rings. The molecule has 3 N–H and O–H groups in total. The molecule has 0 bridgehead atoms. The van der Waals surface area contributed by atoms with Crippen molar-refractivity contribution in [3.8, 4) is 11.5 Å². The highest BCUT2D eigenvalue weighted by molar-refractivity contribution is 5.91. The lowest BCUT2D eigenvalue weighted by Gasteiger charge is -2.19. The molecule has 1 heterocycles. The molecule has 7 nitrogen and oxygen atoms in total. The van der Waals surface area contributed by atoms with Crippen LogP contribution in [-0.4, -0.2) is 38.2 Å². The molecular weight excluding hydrogens is 286 g/mol. The molecule has 0 unspecified atom stereocenters. The summed E-state index contributed by atoms with van der Waals surface area (Å²) in [6.45, 7) is 3.91. The lowest BCUT2D eigenvalue weighted by molar-refractivity contribution is -0.116. The van der Waals surface area contributed by atoms with Crippen LogP contribution in [0.3, 0.4) is 0 Å². The van der Waals surface area contributed by atoms with Gasteiger partial charge in [-0.15, -0.1) is 0 Å². The molecule has 0 aliphatic carbocycles. The van der Waals surface area contributed by atoms with E-state index in [-0.39, 0.29) is 24.9 Å². The minimum Gasteiger partial charge on any atom is -0.486 e. The SMILES string of the molecule is CCCNC(=O)NCCC(=O)Nc1ccc2c(c1)OCCO2. The Hall–Kier alpha value is -2.44. The minimum atomic E-state index is -0.256. The zero-order valence-electron chi connectivity index (χ0n) is 12.6. The van der Waals surface area contributed by atoms with E-state index in [2.05, 4.69) is 16.0 Å². The van der Waals surface area contributed by atoms with Gasteiger partial charge in [0.15, 0.2) is 11.5 Å². The number of amides is 3. The summed E-state index contributed by atoms with van der Waals surface area (Å²) in [6.07, 6.45) is 1.08. The number of carbonyl (C=O) groups is 2. The number of fused-ring (bicyclic) bond motifs is 1. The number of anilines is 1. The molecule has 0 atom stereocenters. The molecule has 0 aromatic heterocycles. The smallest absolute Gasteiger partial charge is 0.314 e. The zero-order chi connectivity index (χ0) is 15.8. The number of benzene rings is 1. The van der Waals surface area contributed by atoms with Crippen LogP contribution in [0.5, 0.6) is 11.5 Å². The average Bonchev–Trinajstić information content (AvgIpc) is 2.52. The molecule has 1 aliphatic rings. The number of rotatable bonds is 6. The fraction of sp³-hybridized carbons (Fsp3) is 0.467. The molecule has 120 valence electrons. The highest BCUT2D eigenvalue weighted by atomic mass is 16.6. The van der Waals surface area contributed by atoms with E-state index in [1.54, 1.807) is 18.2 Å². The van der Waals surface area contributed by atoms with Gasteiger partial charge in [0.1, 0.15) is 13.2 Å². The van der Waals surface area contributed by atoms with Crippen LogP contribution in [0.15, 0.2) is 18.2 Å². The second kappa shape index (κ2) is 8.11. The fourth-order valence-electron chi connectivity index (χ4n) is 1.94. The summed E-state index contributed by atoms with van der Waals surface area (Å²) in [5, 5.41) is 8.07. The normalized spacial score (nSPS) is 12.4. The Morgan fingerprint density at radius 1 is 1.09 bits per heavy atom. The molecule has 1 aromatic carbocycles. The summed E-state index contributed by atoms with van der Waals surface area (Å²) in [7, 11) is 0. The quantitative estimate of drug-likeness (QED) is 0.743. The predicted octanol–water partition coefficient (Wildman–Crippen LogP) is 1.50. The van der Waals surface area contributed by atoms with Gasteiger partial charge in [-0.2, -0.15) is 0 Å². The number of hydrogen-bond acceptors (Lipinski definition) is 4.